The van der Waals surface area contributed by atoms with Gasteiger partial charge in [-0.05, 0) is 30.2 Å². The molecule has 1 N–H and O–H groups in total. The molecule has 0 atom stereocenters. The van der Waals surface area contributed by atoms with Crippen LogP contribution in [0.15, 0.2) is 41.6 Å². The van der Waals surface area contributed by atoms with E-state index in [9.17, 15) is 13.2 Å². The first-order chi connectivity index (χ1) is 10.3. The number of hydrogen-bond acceptors (Lipinski definition) is 4. The highest BCUT2D eigenvalue weighted by Gasteiger charge is 2.12. The standard InChI is InChI=1S/C15H15ClN2O3S/c1-10-7-11(3-4-14(10)22(2,20)21)8-18-15(19)12-5-6-17-9-13(12)16/h3-7,9H,8H2,1-2H3,(H,18,19). The molecular weight excluding hydrogens is 324 g/mol. The maximum absolute atomic E-state index is 12.0. The molecule has 22 heavy (non-hydrogen) atoms. The van der Waals surface area contributed by atoms with Gasteiger partial charge in [0.25, 0.3) is 5.91 Å². The lowest BCUT2D eigenvalue weighted by atomic mass is 10.1. The monoisotopic (exact) mass is 338 g/mol. The van der Waals surface area contributed by atoms with Crippen LogP contribution in [0.5, 0.6) is 0 Å². The van der Waals surface area contributed by atoms with Gasteiger partial charge in [0.05, 0.1) is 15.5 Å². The van der Waals surface area contributed by atoms with Gasteiger partial charge in [-0.2, -0.15) is 0 Å². The van der Waals surface area contributed by atoms with E-state index >= 15 is 0 Å². The molecule has 0 aliphatic carbocycles. The van der Waals surface area contributed by atoms with E-state index in [2.05, 4.69) is 10.3 Å². The predicted octanol–water partition coefficient (Wildman–Crippen LogP) is 2.38. The van der Waals surface area contributed by atoms with Crippen molar-refractivity contribution in [1.29, 1.82) is 0 Å². The van der Waals surface area contributed by atoms with E-state index in [-0.39, 0.29) is 17.5 Å². The van der Waals surface area contributed by atoms with Crippen LogP contribution >= 0.6 is 11.6 Å². The average molecular weight is 339 g/mol. The number of halogens is 1. The van der Waals surface area contributed by atoms with Gasteiger partial charge in [-0.3, -0.25) is 9.78 Å². The molecule has 7 heteroatoms. The van der Waals surface area contributed by atoms with Gasteiger partial charge >= 0.3 is 0 Å². The molecule has 2 rings (SSSR count). The van der Waals surface area contributed by atoms with Gasteiger partial charge in [0.1, 0.15) is 0 Å². The summed E-state index contributed by atoms with van der Waals surface area (Å²) < 4.78 is 23.1. The van der Waals surface area contributed by atoms with E-state index in [0.717, 1.165) is 5.56 Å². The summed E-state index contributed by atoms with van der Waals surface area (Å²) in [4.78, 5) is 16.1. The van der Waals surface area contributed by atoms with E-state index < -0.39 is 9.84 Å². The highest BCUT2D eigenvalue weighted by molar-refractivity contribution is 7.90. The third-order valence-electron chi connectivity index (χ3n) is 3.11. The van der Waals surface area contributed by atoms with Gasteiger partial charge in [-0.1, -0.05) is 23.7 Å². The third-order valence-corrected chi connectivity index (χ3v) is 4.67. The van der Waals surface area contributed by atoms with Gasteiger partial charge in [-0.25, -0.2) is 8.42 Å². The Bertz CT molecular complexity index is 819. The zero-order chi connectivity index (χ0) is 16.3. The van der Waals surface area contributed by atoms with Gasteiger partial charge in [-0.15, -0.1) is 0 Å². The number of carbonyl (C=O) groups excluding carboxylic acids is 1. The lowest BCUT2D eigenvalue weighted by Crippen LogP contribution is -2.23. The van der Waals surface area contributed by atoms with E-state index in [1.807, 2.05) is 0 Å². The van der Waals surface area contributed by atoms with Crippen LogP contribution in [-0.2, 0) is 16.4 Å². The fourth-order valence-corrected chi connectivity index (χ4v) is 3.24. The Labute approximate surface area is 134 Å². The van der Waals surface area contributed by atoms with E-state index in [0.29, 0.717) is 16.0 Å². The average Bonchev–Trinajstić information content (AvgIpc) is 2.44. The summed E-state index contributed by atoms with van der Waals surface area (Å²) in [5.41, 5.74) is 1.81. The normalized spacial score (nSPS) is 11.2. The van der Waals surface area contributed by atoms with Gasteiger partial charge in [0.15, 0.2) is 9.84 Å². The van der Waals surface area contributed by atoms with Crippen LogP contribution in [0.4, 0.5) is 0 Å². The van der Waals surface area contributed by atoms with Crippen molar-refractivity contribution >= 4 is 27.3 Å². The summed E-state index contributed by atoms with van der Waals surface area (Å²) >= 11 is 5.91. The summed E-state index contributed by atoms with van der Waals surface area (Å²) in [6, 6.07) is 6.50. The van der Waals surface area contributed by atoms with Gasteiger partial charge < -0.3 is 5.32 Å². The largest absolute Gasteiger partial charge is 0.348 e. The molecule has 0 radical (unpaired) electrons. The van der Waals surface area contributed by atoms with Crippen LogP contribution < -0.4 is 5.32 Å². The Hall–Kier alpha value is -1.92. The van der Waals surface area contributed by atoms with Crippen molar-refractivity contribution in [3.8, 4) is 0 Å². The second kappa shape index (κ2) is 6.46. The lowest BCUT2D eigenvalue weighted by molar-refractivity contribution is 0.0951. The number of aryl methyl sites for hydroxylation is 1. The maximum atomic E-state index is 12.0. The highest BCUT2D eigenvalue weighted by Crippen LogP contribution is 2.17. The third kappa shape index (κ3) is 3.84. The molecule has 2 aromatic rings. The number of nitrogens with one attached hydrogen (secondary N) is 1. The van der Waals surface area contributed by atoms with Crippen molar-refractivity contribution in [3.05, 3.63) is 58.4 Å². The van der Waals surface area contributed by atoms with Crippen molar-refractivity contribution in [1.82, 2.24) is 10.3 Å². The molecule has 0 bridgehead atoms. The molecule has 0 saturated heterocycles. The van der Waals surface area contributed by atoms with E-state index in [1.54, 1.807) is 25.1 Å². The molecule has 1 heterocycles. The molecule has 1 aromatic carbocycles. The van der Waals surface area contributed by atoms with Crippen LogP contribution in [0.3, 0.4) is 0 Å². The van der Waals surface area contributed by atoms with Gasteiger partial charge in [0.2, 0.25) is 0 Å². The van der Waals surface area contributed by atoms with Gasteiger partial charge in [0, 0.05) is 25.2 Å². The summed E-state index contributed by atoms with van der Waals surface area (Å²) in [6.45, 7) is 2.00. The molecule has 0 aliphatic heterocycles. The summed E-state index contributed by atoms with van der Waals surface area (Å²) in [7, 11) is -3.24. The van der Waals surface area contributed by atoms with Crippen molar-refractivity contribution in [2.24, 2.45) is 0 Å². The molecule has 0 aliphatic rings. The molecule has 1 amide bonds. The Balaban J connectivity index is 2.11. The minimum Gasteiger partial charge on any atom is -0.348 e. The van der Waals surface area contributed by atoms with Crippen molar-refractivity contribution in [2.45, 2.75) is 18.4 Å². The smallest absolute Gasteiger partial charge is 0.253 e. The fraction of sp³-hybridized carbons (Fsp3) is 0.200. The number of carbonyl (C=O) groups is 1. The molecule has 116 valence electrons. The molecule has 0 unspecified atom stereocenters. The van der Waals surface area contributed by atoms with Crippen LogP contribution in [0.2, 0.25) is 5.02 Å². The SMILES string of the molecule is Cc1cc(CNC(=O)c2ccncc2Cl)ccc1S(C)(=O)=O. The molecule has 0 fully saturated rings. The minimum absolute atomic E-state index is 0.280. The van der Waals surface area contributed by atoms with Crippen LogP contribution in [0, 0.1) is 6.92 Å². The molecule has 0 saturated carbocycles. The first kappa shape index (κ1) is 16.5. The second-order valence-electron chi connectivity index (χ2n) is 4.91. The minimum atomic E-state index is -3.24. The fourth-order valence-electron chi connectivity index (χ4n) is 2.07. The molecule has 1 aromatic heterocycles. The molecule has 5 nitrogen and oxygen atoms in total. The number of aromatic nitrogens is 1. The summed E-state index contributed by atoms with van der Waals surface area (Å²) in [5.74, 6) is -0.308. The summed E-state index contributed by atoms with van der Waals surface area (Å²) in [5, 5.41) is 3.02. The number of pyridine rings is 1. The van der Waals surface area contributed by atoms with Crippen LogP contribution in [-0.4, -0.2) is 25.6 Å². The first-order valence-corrected chi connectivity index (χ1v) is 8.73. The number of hydrogen-bond donors (Lipinski definition) is 1. The van der Waals surface area contributed by atoms with Crippen molar-refractivity contribution < 1.29 is 13.2 Å². The second-order valence-corrected chi connectivity index (χ2v) is 7.30. The maximum Gasteiger partial charge on any atom is 0.253 e. The number of rotatable bonds is 4. The van der Waals surface area contributed by atoms with E-state index in [1.165, 1.54) is 24.7 Å². The number of benzene rings is 1. The Morgan fingerprint density at radius 3 is 2.64 bits per heavy atom. The quantitative estimate of drug-likeness (QED) is 0.928. The summed E-state index contributed by atoms with van der Waals surface area (Å²) in [6.07, 6.45) is 4.07. The molecular formula is C15H15ClN2O3S. The van der Waals surface area contributed by atoms with Crippen molar-refractivity contribution in [3.63, 3.8) is 0 Å². The lowest BCUT2D eigenvalue weighted by Gasteiger charge is -2.09. The number of nitrogens with zero attached hydrogens (tertiary/aromatic N) is 1. The van der Waals surface area contributed by atoms with Crippen LogP contribution in [0.1, 0.15) is 21.5 Å². The Morgan fingerprint density at radius 2 is 2.05 bits per heavy atom. The Morgan fingerprint density at radius 1 is 1.32 bits per heavy atom. The Kier molecular flexibility index (Phi) is 4.83. The first-order valence-electron chi connectivity index (χ1n) is 6.46. The highest BCUT2D eigenvalue weighted by atomic mass is 35.5. The zero-order valence-corrected chi connectivity index (χ0v) is 13.7. The van der Waals surface area contributed by atoms with E-state index in [4.69, 9.17) is 11.6 Å². The van der Waals surface area contributed by atoms with Crippen molar-refractivity contribution in [2.75, 3.05) is 6.26 Å². The van der Waals surface area contributed by atoms with Crippen LogP contribution in [0.25, 0.3) is 0 Å². The molecule has 0 spiro atoms. The predicted molar refractivity (Wildman–Crippen MR) is 84.7 cm³/mol. The zero-order valence-electron chi connectivity index (χ0n) is 12.1. The topological polar surface area (TPSA) is 76.1 Å². The number of sulfone groups is 1. The number of amides is 1.